The van der Waals surface area contributed by atoms with E-state index < -0.39 is 72.0 Å². The van der Waals surface area contributed by atoms with Crippen molar-refractivity contribution in [2.75, 3.05) is 6.54 Å². The maximum atomic E-state index is 14.2. The summed E-state index contributed by atoms with van der Waals surface area (Å²) in [6, 6.07) is 4.45. The molecule has 1 aromatic carbocycles. The summed E-state index contributed by atoms with van der Waals surface area (Å²) in [6.45, 7) is 6.43. The molecular weight excluding hydrogens is 753 g/mol. The Morgan fingerprint density at radius 3 is 2.25 bits per heavy atom. The number of nitrogens with one attached hydrogen (secondary N) is 5. The minimum absolute atomic E-state index is 0.0685. The second-order valence-electron chi connectivity index (χ2n) is 17.3. The summed E-state index contributed by atoms with van der Waals surface area (Å²) in [6.07, 6.45) is 15.7. The van der Waals surface area contributed by atoms with Crippen molar-refractivity contribution in [1.29, 1.82) is 0 Å². The third-order valence-corrected chi connectivity index (χ3v) is 11.2. The number of ether oxygens (including phenoxy) is 1. The zero-order chi connectivity index (χ0) is 42.8. The van der Waals surface area contributed by atoms with Crippen molar-refractivity contribution in [3.63, 3.8) is 0 Å². The Morgan fingerprint density at radius 2 is 1.56 bits per heavy atom. The van der Waals surface area contributed by atoms with Crippen LogP contribution < -0.4 is 26.6 Å². The molecule has 5 amide bonds. The number of carbonyl (C=O) groups is 6. The van der Waals surface area contributed by atoms with Crippen molar-refractivity contribution in [2.45, 2.75) is 173 Å². The van der Waals surface area contributed by atoms with Crippen LogP contribution in [0.1, 0.15) is 148 Å². The molecule has 1 fully saturated rings. The van der Waals surface area contributed by atoms with Gasteiger partial charge in [-0.15, -0.1) is 0 Å². The molecular formula is C45H68N6O8. The molecule has 6 unspecified atom stereocenters. The van der Waals surface area contributed by atoms with Gasteiger partial charge in [-0.1, -0.05) is 101 Å². The molecule has 1 aromatic rings. The zero-order valence-corrected chi connectivity index (χ0v) is 35.6. The molecule has 6 N–H and O–H groups in total. The van der Waals surface area contributed by atoms with E-state index in [0.717, 1.165) is 83.5 Å². The fraction of sp³-hybridized carbons (Fsp3) is 0.667. The molecule has 2 heterocycles. The van der Waals surface area contributed by atoms with Gasteiger partial charge in [-0.3, -0.25) is 29.0 Å². The van der Waals surface area contributed by atoms with Crippen LogP contribution in [-0.4, -0.2) is 83.2 Å². The summed E-state index contributed by atoms with van der Waals surface area (Å²) >= 11 is 0. The highest BCUT2D eigenvalue weighted by molar-refractivity contribution is 5.93. The molecule has 2 bridgehead atoms. The number of benzene rings is 1. The number of amides is 5. The fourth-order valence-corrected chi connectivity index (χ4v) is 8.05. The molecule has 0 spiro atoms. The molecule has 4 rings (SSSR count). The minimum Gasteiger partial charge on any atom is -0.458 e. The average Bonchev–Trinajstić information content (AvgIpc) is 3.21. The summed E-state index contributed by atoms with van der Waals surface area (Å²) in [7, 11) is 0. The number of allylic oxidation sites excluding steroid dienone is 1. The molecule has 1 saturated carbocycles. The highest BCUT2D eigenvalue weighted by atomic mass is 16.6. The van der Waals surface area contributed by atoms with Crippen LogP contribution in [0.15, 0.2) is 47.1 Å². The second kappa shape index (κ2) is 23.9. The molecule has 59 heavy (non-hydrogen) atoms. The van der Waals surface area contributed by atoms with E-state index in [-0.39, 0.29) is 30.6 Å². The van der Waals surface area contributed by atoms with Crippen molar-refractivity contribution in [2.24, 2.45) is 16.8 Å². The van der Waals surface area contributed by atoms with Gasteiger partial charge in [-0.2, -0.15) is 0 Å². The maximum Gasteiger partial charge on any atom is 0.333 e. The molecule has 3 aliphatic rings. The molecule has 0 aromatic heterocycles. The van der Waals surface area contributed by atoms with Gasteiger partial charge >= 0.3 is 5.97 Å². The molecule has 1 aliphatic carbocycles. The minimum atomic E-state index is -1.75. The fourth-order valence-electron chi connectivity index (χ4n) is 8.05. The number of esters is 1. The molecule has 0 radical (unpaired) electrons. The SMILES string of the molecule is CCCC(NC(=O)C1CC2=CC(CC=N2)CCCCCCCCC(=O)NC(C2CCCCC2)C(=O)N1)C(O)C(=O)NCC(=O)NC(C(=O)OC(C)(C)C)c1ccccc1. The molecule has 2 aliphatic heterocycles. The van der Waals surface area contributed by atoms with E-state index in [2.05, 4.69) is 37.7 Å². The van der Waals surface area contributed by atoms with Crippen LogP contribution in [-0.2, 0) is 33.5 Å². The number of aliphatic hydroxyl groups is 1. The Labute approximate surface area is 349 Å². The number of hydrogen-bond donors (Lipinski definition) is 6. The van der Waals surface area contributed by atoms with Gasteiger partial charge in [-0.05, 0) is 76.7 Å². The number of aliphatic hydroxyl groups excluding tert-OH is 1. The van der Waals surface area contributed by atoms with E-state index in [9.17, 15) is 33.9 Å². The van der Waals surface area contributed by atoms with Gasteiger partial charge in [0, 0.05) is 24.8 Å². The van der Waals surface area contributed by atoms with Gasteiger partial charge in [-0.25, -0.2) is 4.79 Å². The quantitative estimate of drug-likeness (QED) is 0.158. The summed E-state index contributed by atoms with van der Waals surface area (Å²) in [5.74, 6) is -3.30. The predicted octanol–water partition coefficient (Wildman–Crippen LogP) is 5.00. The first kappa shape index (κ1) is 47.1. The lowest BCUT2D eigenvalue weighted by Crippen LogP contribution is -2.59. The highest BCUT2D eigenvalue weighted by Crippen LogP contribution is 2.28. The zero-order valence-electron chi connectivity index (χ0n) is 35.6. The standard InChI is InChI=1S/C45H68N6O8/c1-5-18-34(40(54)43(57)47-29-37(53)51-39(32-22-15-11-16-23-32)44(58)59-45(2,3)4)48-41(55)35-28-33-27-30(25-26-46-33)19-12-8-6-7-9-17-24-36(52)50-38(42(56)49-35)31-20-13-10-14-21-31/h11,15-16,22-23,26-27,30-31,34-35,38-40,54H,5-10,12-14,17-21,24-25,28-29H2,1-4H3,(H,47,57)(H,48,55)(H,49,56)(H,50,52)(H,51,53). The van der Waals surface area contributed by atoms with Crippen LogP contribution in [0.5, 0.6) is 0 Å². The van der Waals surface area contributed by atoms with E-state index in [1.165, 1.54) is 0 Å². The molecule has 326 valence electrons. The van der Waals surface area contributed by atoms with E-state index in [1.54, 1.807) is 51.1 Å². The first-order chi connectivity index (χ1) is 28.2. The van der Waals surface area contributed by atoms with Crippen molar-refractivity contribution < 1.29 is 38.6 Å². The summed E-state index contributed by atoms with van der Waals surface area (Å²) in [4.78, 5) is 85.7. The number of aliphatic imine (C=N–C) groups is 1. The van der Waals surface area contributed by atoms with Gasteiger partial charge in [0.15, 0.2) is 12.1 Å². The number of carbonyl (C=O) groups excluding carboxylic acids is 6. The lowest BCUT2D eigenvalue weighted by Gasteiger charge is -2.32. The maximum absolute atomic E-state index is 14.2. The first-order valence-electron chi connectivity index (χ1n) is 21.9. The number of nitrogens with zero attached hydrogens (tertiary/aromatic N) is 1. The first-order valence-corrected chi connectivity index (χ1v) is 21.9. The van der Waals surface area contributed by atoms with Gasteiger partial charge in [0.25, 0.3) is 5.91 Å². The highest BCUT2D eigenvalue weighted by Gasteiger charge is 2.36. The molecule has 0 saturated heterocycles. The number of hydrogen-bond acceptors (Lipinski definition) is 9. The molecule has 6 atom stereocenters. The Hall–Kier alpha value is -4.59. The Balaban J connectivity index is 1.49. The monoisotopic (exact) mass is 821 g/mol. The van der Waals surface area contributed by atoms with E-state index >= 15 is 0 Å². The third kappa shape index (κ3) is 16.2. The van der Waals surface area contributed by atoms with Gasteiger partial charge in [0.1, 0.15) is 17.7 Å². The largest absolute Gasteiger partial charge is 0.458 e. The van der Waals surface area contributed by atoms with Crippen molar-refractivity contribution in [1.82, 2.24) is 26.6 Å². The van der Waals surface area contributed by atoms with Gasteiger partial charge < -0.3 is 36.4 Å². The smallest absolute Gasteiger partial charge is 0.333 e. The van der Waals surface area contributed by atoms with Gasteiger partial charge in [0.05, 0.1) is 12.6 Å². The Kier molecular flexibility index (Phi) is 19.0. The Bertz CT molecular complexity index is 1620. The van der Waals surface area contributed by atoms with Crippen molar-refractivity contribution in [3.05, 3.63) is 47.7 Å². The van der Waals surface area contributed by atoms with Crippen LogP contribution in [0, 0.1) is 11.8 Å². The number of rotatable bonds is 12. The normalized spacial score (nSPS) is 23.1. The second-order valence-corrected chi connectivity index (χ2v) is 17.3. The van der Waals surface area contributed by atoms with Crippen LogP contribution in [0.4, 0.5) is 0 Å². The molecule has 14 heteroatoms. The van der Waals surface area contributed by atoms with Crippen LogP contribution in [0.25, 0.3) is 0 Å². The van der Waals surface area contributed by atoms with Crippen LogP contribution in [0.3, 0.4) is 0 Å². The summed E-state index contributed by atoms with van der Waals surface area (Å²) in [5, 5.41) is 25.1. The summed E-state index contributed by atoms with van der Waals surface area (Å²) in [5.41, 5.74) is 0.346. The van der Waals surface area contributed by atoms with E-state index in [4.69, 9.17) is 4.74 Å². The van der Waals surface area contributed by atoms with Gasteiger partial charge in [0.2, 0.25) is 23.6 Å². The lowest BCUT2D eigenvalue weighted by atomic mass is 9.83. The number of fused-ring (bicyclic) bond motifs is 1. The van der Waals surface area contributed by atoms with Crippen LogP contribution >= 0.6 is 0 Å². The predicted molar refractivity (Wildman–Crippen MR) is 226 cm³/mol. The van der Waals surface area contributed by atoms with Crippen molar-refractivity contribution in [3.8, 4) is 0 Å². The third-order valence-electron chi connectivity index (χ3n) is 11.2. The van der Waals surface area contributed by atoms with E-state index in [1.807, 2.05) is 13.1 Å². The van der Waals surface area contributed by atoms with Crippen LogP contribution in [0.2, 0.25) is 0 Å². The van der Waals surface area contributed by atoms with E-state index in [0.29, 0.717) is 24.1 Å². The summed E-state index contributed by atoms with van der Waals surface area (Å²) < 4.78 is 5.53. The van der Waals surface area contributed by atoms with Crippen molar-refractivity contribution >= 4 is 41.7 Å². The lowest BCUT2D eigenvalue weighted by molar-refractivity contribution is -0.158. The topological polar surface area (TPSA) is 204 Å². The average molecular weight is 821 g/mol. The molecule has 14 nitrogen and oxygen atoms in total. The Morgan fingerprint density at radius 1 is 0.898 bits per heavy atom.